The van der Waals surface area contributed by atoms with Crippen molar-refractivity contribution in [3.05, 3.63) is 36.5 Å². The highest BCUT2D eigenvalue weighted by Crippen LogP contribution is 2.24. The van der Waals surface area contributed by atoms with Gasteiger partial charge in [-0.1, -0.05) is 11.8 Å². The lowest BCUT2D eigenvalue weighted by Crippen LogP contribution is -2.14. The SMILES string of the molecule is COc1ccc(-c2nnc(SCC(=O)Nc3ccn(C)n3)o2)cc1. The van der Waals surface area contributed by atoms with Crippen LogP contribution in [0.3, 0.4) is 0 Å². The van der Waals surface area contributed by atoms with Crippen LogP contribution in [-0.4, -0.2) is 38.7 Å². The van der Waals surface area contributed by atoms with Crippen molar-refractivity contribution in [3.8, 4) is 17.2 Å². The number of amides is 1. The van der Waals surface area contributed by atoms with Crippen LogP contribution >= 0.6 is 11.8 Å². The number of nitrogens with zero attached hydrogens (tertiary/aromatic N) is 4. The van der Waals surface area contributed by atoms with Gasteiger partial charge in [0.15, 0.2) is 5.82 Å². The summed E-state index contributed by atoms with van der Waals surface area (Å²) in [4.78, 5) is 11.9. The molecular formula is C15H15N5O3S. The van der Waals surface area contributed by atoms with Crippen LogP contribution in [0, 0.1) is 0 Å². The first-order valence-corrected chi connectivity index (χ1v) is 8.03. The number of hydrogen-bond donors (Lipinski definition) is 1. The fourth-order valence-electron chi connectivity index (χ4n) is 1.91. The molecule has 0 fully saturated rings. The van der Waals surface area contributed by atoms with Crippen LogP contribution < -0.4 is 10.1 Å². The Hall–Kier alpha value is -2.81. The minimum atomic E-state index is -0.192. The van der Waals surface area contributed by atoms with Gasteiger partial charge in [-0.3, -0.25) is 9.48 Å². The van der Waals surface area contributed by atoms with Gasteiger partial charge in [-0.15, -0.1) is 10.2 Å². The van der Waals surface area contributed by atoms with Gasteiger partial charge in [0.1, 0.15) is 5.75 Å². The monoisotopic (exact) mass is 345 g/mol. The number of thioether (sulfide) groups is 1. The van der Waals surface area contributed by atoms with E-state index >= 15 is 0 Å². The molecule has 124 valence electrons. The van der Waals surface area contributed by atoms with Crippen LogP contribution in [0.5, 0.6) is 5.75 Å². The summed E-state index contributed by atoms with van der Waals surface area (Å²) in [7, 11) is 3.38. The summed E-state index contributed by atoms with van der Waals surface area (Å²) >= 11 is 1.17. The third-order valence-electron chi connectivity index (χ3n) is 3.05. The molecule has 1 N–H and O–H groups in total. The van der Waals surface area contributed by atoms with Gasteiger partial charge in [0.25, 0.3) is 5.22 Å². The van der Waals surface area contributed by atoms with E-state index < -0.39 is 0 Å². The van der Waals surface area contributed by atoms with E-state index in [0.717, 1.165) is 11.3 Å². The van der Waals surface area contributed by atoms with Crippen molar-refractivity contribution in [2.75, 3.05) is 18.2 Å². The highest BCUT2D eigenvalue weighted by atomic mass is 32.2. The van der Waals surface area contributed by atoms with E-state index in [1.54, 1.807) is 31.1 Å². The number of anilines is 1. The van der Waals surface area contributed by atoms with Gasteiger partial charge in [0.2, 0.25) is 11.8 Å². The van der Waals surface area contributed by atoms with E-state index in [1.165, 1.54) is 11.8 Å². The Kier molecular flexibility index (Phi) is 4.80. The summed E-state index contributed by atoms with van der Waals surface area (Å²) in [6.45, 7) is 0. The van der Waals surface area contributed by atoms with Crippen molar-refractivity contribution in [1.29, 1.82) is 0 Å². The van der Waals surface area contributed by atoms with Crippen LogP contribution in [0.15, 0.2) is 46.2 Å². The van der Waals surface area contributed by atoms with Crippen molar-refractivity contribution in [3.63, 3.8) is 0 Å². The Bertz CT molecular complexity index is 828. The maximum atomic E-state index is 11.9. The molecule has 0 saturated heterocycles. The molecule has 0 radical (unpaired) electrons. The lowest BCUT2D eigenvalue weighted by Gasteiger charge is -2.00. The molecule has 0 aliphatic rings. The lowest BCUT2D eigenvalue weighted by molar-refractivity contribution is -0.113. The average Bonchev–Trinajstić information content (AvgIpc) is 3.22. The zero-order chi connectivity index (χ0) is 16.9. The molecule has 0 unspecified atom stereocenters. The second kappa shape index (κ2) is 7.18. The smallest absolute Gasteiger partial charge is 0.277 e. The molecule has 0 bridgehead atoms. The molecule has 0 aliphatic heterocycles. The standard InChI is InChI=1S/C15H15N5O3S/c1-20-8-7-12(19-20)16-13(21)9-24-15-18-17-14(23-15)10-3-5-11(22-2)6-4-10/h3-8H,9H2,1-2H3,(H,16,19,21). The molecule has 9 heteroatoms. The van der Waals surface area contributed by atoms with Crippen molar-refractivity contribution < 1.29 is 13.9 Å². The largest absolute Gasteiger partial charge is 0.497 e. The molecule has 0 saturated carbocycles. The Labute approximate surface area is 142 Å². The van der Waals surface area contributed by atoms with E-state index in [2.05, 4.69) is 20.6 Å². The molecule has 1 aromatic carbocycles. The topological polar surface area (TPSA) is 95.1 Å². The zero-order valence-electron chi connectivity index (χ0n) is 13.1. The molecule has 1 amide bonds. The Morgan fingerprint density at radius 3 is 2.75 bits per heavy atom. The van der Waals surface area contributed by atoms with Crippen molar-refractivity contribution in [2.45, 2.75) is 5.22 Å². The summed E-state index contributed by atoms with van der Waals surface area (Å²) < 4.78 is 12.3. The first kappa shape index (κ1) is 16.1. The molecule has 3 aromatic rings. The summed E-state index contributed by atoms with van der Waals surface area (Å²) in [6, 6.07) is 9.00. The van der Waals surface area contributed by atoms with E-state index in [0.29, 0.717) is 16.9 Å². The molecule has 2 heterocycles. The van der Waals surface area contributed by atoms with Gasteiger partial charge >= 0.3 is 0 Å². The van der Waals surface area contributed by atoms with Gasteiger partial charge in [-0.2, -0.15) is 5.10 Å². The lowest BCUT2D eigenvalue weighted by atomic mass is 10.2. The van der Waals surface area contributed by atoms with Crippen LogP contribution in [0.2, 0.25) is 0 Å². The van der Waals surface area contributed by atoms with Gasteiger partial charge in [-0.05, 0) is 24.3 Å². The van der Waals surface area contributed by atoms with Gasteiger partial charge in [0, 0.05) is 24.9 Å². The Morgan fingerprint density at radius 1 is 1.29 bits per heavy atom. The molecule has 3 rings (SSSR count). The number of benzene rings is 1. The van der Waals surface area contributed by atoms with Gasteiger partial charge in [0.05, 0.1) is 12.9 Å². The zero-order valence-corrected chi connectivity index (χ0v) is 13.9. The Morgan fingerprint density at radius 2 is 2.08 bits per heavy atom. The number of nitrogens with one attached hydrogen (secondary N) is 1. The quantitative estimate of drug-likeness (QED) is 0.684. The van der Waals surface area contributed by atoms with E-state index in [1.807, 2.05) is 24.3 Å². The van der Waals surface area contributed by atoms with Gasteiger partial charge < -0.3 is 14.5 Å². The van der Waals surface area contributed by atoms with E-state index in [4.69, 9.17) is 9.15 Å². The normalized spacial score (nSPS) is 10.6. The molecule has 0 aliphatic carbocycles. The molecule has 24 heavy (non-hydrogen) atoms. The molecule has 2 aromatic heterocycles. The van der Waals surface area contributed by atoms with E-state index in [-0.39, 0.29) is 11.7 Å². The van der Waals surface area contributed by atoms with Gasteiger partial charge in [-0.25, -0.2) is 0 Å². The second-order valence-corrected chi connectivity index (χ2v) is 5.74. The minimum Gasteiger partial charge on any atom is -0.497 e. The molecule has 0 spiro atoms. The summed E-state index contributed by atoms with van der Waals surface area (Å²) in [5.41, 5.74) is 0.785. The third-order valence-corrected chi connectivity index (χ3v) is 3.87. The fraction of sp³-hybridized carbons (Fsp3) is 0.200. The van der Waals surface area contributed by atoms with Crippen LogP contribution in [0.4, 0.5) is 5.82 Å². The van der Waals surface area contributed by atoms with Crippen LogP contribution in [-0.2, 0) is 11.8 Å². The number of aromatic nitrogens is 4. The second-order valence-electron chi connectivity index (χ2n) is 4.81. The maximum Gasteiger partial charge on any atom is 0.277 e. The number of aryl methyl sites for hydroxylation is 1. The van der Waals surface area contributed by atoms with Crippen LogP contribution in [0.1, 0.15) is 0 Å². The predicted molar refractivity (Wildman–Crippen MR) is 88.8 cm³/mol. The number of hydrogen-bond acceptors (Lipinski definition) is 7. The minimum absolute atomic E-state index is 0.154. The number of methoxy groups -OCH3 is 1. The number of ether oxygens (including phenoxy) is 1. The first-order chi connectivity index (χ1) is 11.6. The number of carbonyl (C=O) groups is 1. The molecule has 8 nitrogen and oxygen atoms in total. The first-order valence-electron chi connectivity index (χ1n) is 7.04. The highest BCUT2D eigenvalue weighted by Gasteiger charge is 2.12. The Balaban J connectivity index is 1.56. The van der Waals surface area contributed by atoms with Crippen molar-refractivity contribution >= 4 is 23.5 Å². The van der Waals surface area contributed by atoms with Crippen LogP contribution in [0.25, 0.3) is 11.5 Å². The fourth-order valence-corrected chi connectivity index (χ4v) is 2.47. The average molecular weight is 345 g/mol. The summed E-state index contributed by atoms with van der Waals surface area (Å²) in [6.07, 6.45) is 1.75. The maximum absolute atomic E-state index is 11.9. The third kappa shape index (κ3) is 3.93. The predicted octanol–water partition coefficient (Wildman–Crippen LogP) is 2.21. The molecule has 0 atom stereocenters. The molecular weight excluding hydrogens is 330 g/mol. The number of rotatable bonds is 6. The summed E-state index contributed by atoms with van der Waals surface area (Å²) in [5.74, 6) is 1.61. The van der Waals surface area contributed by atoms with E-state index in [9.17, 15) is 4.79 Å². The number of carbonyl (C=O) groups excluding carboxylic acids is 1. The van der Waals surface area contributed by atoms with Crippen molar-refractivity contribution in [1.82, 2.24) is 20.0 Å². The van der Waals surface area contributed by atoms with Crippen molar-refractivity contribution in [2.24, 2.45) is 7.05 Å². The summed E-state index contributed by atoms with van der Waals surface area (Å²) in [5, 5.41) is 15.0. The highest BCUT2D eigenvalue weighted by molar-refractivity contribution is 7.99.